The van der Waals surface area contributed by atoms with E-state index in [1.54, 1.807) is 11.3 Å². The van der Waals surface area contributed by atoms with E-state index in [-0.39, 0.29) is 0 Å². The fourth-order valence-electron chi connectivity index (χ4n) is 2.29. The van der Waals surface area contributed by atoms with Gasteiger partial charge in [-0.25, -0.2) is 9.97 Å². The lowest BCUT2D eigenvalue weighted by Gasteiger charge is -2.09. The summed E-state index contributed by atoms with van der Waals surface area (Å²) < 4.78 is 0. The van der Waals surface area contributed by atoms with Crippen LogP contribution in [0.25, 0.3) is 10.7 Å². The zero-order valence-corrected chi connectivity index (χ0v) is 10.5. The third kappa shape index (κ3) is 2.56. The van der Waals surface area contributed by atoms with E-state index in [1.165, 1.54) is 25.7 Å². The van der Waals surface area contributed by atoms with Crippen molar-refractivity contribution in [2.75, 3.05) is 0 Å². The summed E-state index contributed by atoms with van der Waals surface area (Å²) in [4.78, 5) is 12.0. The summed E-state index contributed by atoms with van der Waals surface area (Å²) in [6, 6.07) is 0.684. The summed E-state index contributed by atoms with van der Waals surface area (Å²) >= 11 is 1.63. The van der Waals surface area contributed by atoms with Gasteiger partial charge >= 0.3 is 0 Å². The maximum atomic E-state index is 4.38. The second kappa shape index (κ2) is 4.98. The molecule has 1 aliphatic rings. The average Bonchev–Trinajstić information content (AvgIpc) is 3.09. The first-order valence-electron chi connectivity index (χ1n) is 6.09. The number of thiazole rings is 1. The van der Waals surface area contributed by atoms with E-state index in [2.05, 4.69) is 20.3 Å². The maximum Gasteiger partial charge on any atom is 0.141 e. The van der Waals surface area contributed by atoms with Crippen molar-refractivity contribution in [2.24, 2.45) is 0 Å². The van der Waals surface area contributed by atoms with Gasteiger partial charge < -0.3 is 10.3 Å². The Morgan fingerprint density at radius 2 is 2.24 bits per heavy atom. The summed E-state index contributed by atoms with van der Waals surface area (Å²) in [5, 5.41) is 6.53. The second-order valence-corrected chi connectivity index (χ2v) is 5.34. The predicted octanol–water partition coefficient (Wildman–Crippen LogP) is 2.57. The number of aromatic nitrogens is 3. The van der Waals surface area contributed by atoms with Crippen molar-refractivity contribution in [1.82, 2.24) is 20.3 Å². The highest BCUT2D eigenvalue weighted by Crippen LogP contribution is 2.20. The zero-order valence-electron chi connectivity index (χ0n) is 9.65. The van der Waals surface area contributed by atoms with E-state index in [4.69, 9.17) is 0 Å². The third-order valence-corrected chi connectivity index (χ3v) is 4.01. The molecule has 2 aromatic heterocycles. The molecule has 1 saturated carbocycles. The van der Waals surface area contributed by atoms with E-state index in [0.29, 0.717) is 6.04 Å². The minimum atomic E-state index is 0.684. The molecule has 1 aliphatic carbocycles. The van der Waals surface area contributed by atoms with Gasteiger partial charge in [0.2, 0.25) is 0 Å². The third-order valence-electron chi connectivity index (χ3n) is 3.20. The Balaban J connectivity index is 1.60. The van der Waals surface area contributed by atoms with Crippen molar-refractivity contribution >= 4 is 11.3 Å². The smallest absolute Gasteiger partial charge is 0.141 e. The van der Waals surface area contributed by atoms with E-state index in [9.17, 15) is 0 Å². The van der Waals surface area contributed by atoms with Crippen LogP contribution in [-0.2, 0) is 6.54 Å². The molecule has 0 aromatic carbocycles. The molecule has 0 bridgehead atoms. The highest BCUT2D eigenvalue weighted by atomic mass is 32.1. The van der Waals surface area contributed by atoms with Gasteiger partial charge in [-0.1, -0.05) is 12.8 Å². The summed E-state index contributed by atoms with van der Waals surface area (Å²) in [5.41, 5.74) is 1.02. The van der Waals surface area contributed by atoms with Gasteiger partial charge in [0.15, 0.2) is 0 Å². The van der Waals surface area contributed by atoms with Crippen LogP contribution in [0.15, 0.2) is 17.8 Å². The Kier molecular flexibility index (Phi) is 3.20. The van der Waals surface area contributed by atoms with Crippen LogP contribution >= 0.6 is 11.3 Å². The van der Waals surface area contributed by atoms with Crippen LogP contribution in [-0.4, -0.2) is 21.0 Å². The van der Waals surface area contributed by atoms with Crippen molar-refractivity contribution in [3.05, 3.63) is 23.6 Å². The molecule has 0 saturated heterocycles. The number of H-pyrrole nitrogens is 1. The fourth-order valence-corrected chi connectivity index (χ4v) is 2.89. The average molecular weight is 248 g/mol. The van der Waals surface area contributed by atoms with Gasteiger partial charge in [0.05, 0.1) is 18.4 Å². The number of rotatable bonds is 4. The molecule has 4 nitrogen and oxygen atoms in total. The standard InChI is InChI=1S/C12H16N4S/c1-2-4-9(3-1)14-8-11-15-7-10(16-11)12-13-5-6-17-12/h5-7,9,14H,1-4,8H2,(H,15,16). The highest BCUT2D eigenvalue weighted by molar-refractivity contribution is 7.13. The first-order valence-corrected chi connectivity index (χ1v) is 6.97. The molecule has 0 spiro atoms. The normalized spacial score (nSPS) is 16.7. The molecule has 17 heavy (non-hydrogen) atoms. The summed E-state index contributed by atoms with van der Waals surface area (Å²) in [6.07, 6.45) is 9.02. The first-order chi connectivity index (χ1) is 8.42. The summed E-state index contributed by atoms with van der Waals surface area (Å²) in [6.45, 7) is 0.829. The monoisotopic (exact) mass is 248 g/mol. The molecule has 90 valence electrons. The molecule has 0 amide bonds. The maximum absolute atomic E-state index is 4.38. The van der Waals surface area contributed by atoms with Gasteiger partial charge in [-0.3, -0.25) is 0 Å². The quantitative estimate of drug-likeness (QED) is 0.874. The van der Waals surface area contributed by atoms with Crippen LogP contribution in [0.3, 0.4) is 0 Å². The Morgan fingerprint density at radius 1 is 1.35 bits per heavy atom. The van der Waals surface area contributed by atoms with Crippen molar-refractivity contribution in [1.29, 1.82) is 0 Å². The molecule has 2 N–H and O–H groups in total. The van der Waals surface area contributed by atoms with Gasteiger partial charge in [0.25, 0.3) is 0 Å². The summed E-state index contributed by atoms with van der Waals surface area (Å²) in [7, 11) is 0. The van der Waals surface area contributed by atoms with Crippen LogP contribution in [0, 0.1) is 0 Å². The number of aromatic amines is 1. The van der Waals surface area contributed by atoms with Crippen LogP contribution in [0.5, 0.6) is 0 Å². The molecule has 0 radical (unpaired) electrons. The molecule has 2 heterocycles. The molecule has 3 rings (SSSR count). The lowest BCUT2D eigenvalue weighted by Crippen LogP contribution is -2.25. The Bertz CT molecular complexity index is 457. The van der Waals surface area contributed by atoms with Gasteiger partial charge in [0, 0.05) is 17.6 Å². The number of nitrogens with one attached hydrogen (secondary N) is 2. The molecular formula is C12H16N4S. The van der Waals surface area contributed by atoms with E-state index >= 15 is 0 Å². The Hall–Kier alpha value is -1.20. The van der Waals surface area contributed by atoms with Crippen LogP contribution in [0.4, 0.5) is 0 Å². The molecule has 0 unspecified atom stereocenters. The molecular weight excluding hydrogens is 232 g/mol. The number of hydrogen-bond acceptors (Lipinski definition) is 4. The molecule has 5 heteroatoms. The molecule has 0 atom stereocenters. The second-order valence-electron chi connectivity index (χ2n) is 4.44. The fraction of sp³-hybridized carbons (Fsp3) is 0.500. The Morgan fingerprint density at radius 3 is 3.00 bits per heavy atom. The van der Waals surface area contributed by atoms with E-state index < -0.39 is 0 Å². The lowest BCUT2D eigenvalue weighted by atomic mass is 10.2. The minimum absolute atomic E-state index is 0.684. The van der Waals surface area contributed by atoms with E-state index in [0.717, 1.165) is 23.1 Å². The predicted molar refractivity (Wildman–Crippen MR) is 68.8 cm³/mol. The molecule has 0 aliphatic heterocycles. The molecule has 2 aromatic rings. The van der Waals surface area contributed by atoms with Crippen molar-refractivity contribution in [2.45, 2.75) is 38.3 Å². The first kappa shape index (κ1) is 10.9. The van der Waals surface area contributed by atoms with Crippen LogP contribution in [0.2, 0.25) is 0 Å². The van der Waals surface area contributed by atoms with Crippen molar-refractivity contribution < 1.29 is 0 Å². The van der Waals surface area contributed by atoms with Gasteiger partial charge in [0.1, 0.15) is 10.8 Å². The Labute approximate surface area is 105 Å². The van der Waals surface area contributed by atoms with Crippen LogP contribution in [0.1, 0.15) is 31.5 Å². The van der Waals surface area contributed by atoms with Crippen molar-refractivity contribution in [3.63, 3.8) is 0 Å². The van der Waals surface area contributed by atoms with Gasteiger partial charge in [-0.05, 0) is 12.8 Å². The highest BCUT2D eigenvalue weighted by Gasteiger charge is 2.14. The van der Waals surface area contributed by atoms with Gasteiger partial charge in [-0.2, -0.15) is 0 Å². The van der Waals surface area contributed by atoms with Crippen LogP contribution < -0.4 is 5.32 Å². The van der Waals surface area contributed by atoms with E-state index in [1.807, 2.05) is 17.8 Å². The lowest BCUT2D eigenvalue weighted by molar-refractivity contribution is 0.515. The topological polar surface area (TPSA) is 53.6 Å². The number of nitrogens with zero attached hydrogens (tertiary/aromatic N) is 2. The largest absolute Gasteiger partial charge is 0.339 e. The number of imidazole rings is 1. The number of hydrogen-bond donors (Lipinski definition) is 2. The summed E-state index contributed by atoms with van der Waals surface area (Å²) in [5.74, 6) is 1.00. The SMILES string of the molecule is c1csc(-c2cnc(CNC3CCCC3)[nH]2)n1. The zero-order chi connectivity index (χ0) is 11.5. The van der Waals surface area contributed by atoms with Gasteiger partial charge in [-0.15, -0.1) is 11.3 Å². The molecule has 1 fully saturated rings. The van der Waals surface area contributed by atoms with Crippen molar-refractivity contribution in [3.8, 4) is 10.7 Å². The minimum Gasteiger partial charge on any atom is -0.339 e.